The highest BCUT2D eigenvalue weighted by Gasteiger charge is 2.26. The zero-order valence-electron chi connectivity index (χ0n) is 13.1. The Morgan fingerprint density at radius 3 is 2.52 bits per heavy atom. The normalized spacial score (nSPS) is 23.4. The van der Waals surface area contributed by atoms with E-state index in [9.17, 15) is 9.59 Å². The molecule has 0 aromatic carbocycles. The number of amides is 2. The molecule has 2 unspecified atom stereocenters. The van der Waals surface area contributed by atoms with E-state index in [0.29, 0.717) is 12.5 Å². The van der Waals surface area contributed by atoms with E-state index in [-0.39, 0.29) is 36.2 Å². The van der Waals surface area contributed by atoms with Gasteiger partial charge in [-0.2, -0.15) is 0 Å². The molecule has 1 saturated heterocycles. The number of rotatable bonds is 5. The van der Waals surface area contributed by atoms with Crippen LogP contribution in [0.15, 0.2) is 0 Å². The minimum atomic E-state index is -0.0765. The van der Waals surface area contributed by atoms with Crippen molar-refractivity contribution >= 4 is 24.2 Å². The highest BCUT2D eigenvalue weighted by molar-refractivity contribution is 5.85. The first-order chi connectivity index (χ1) is 9.58. The van der Waals surface area contributed by atoms with Crippen molar-refractivity contribution in [2.24, 2.45) is 5.92 Å². The maximum absolute atomic E-state index is 12.2. The summed E-state index contributed by atoms with van der Waals surface area (Å²) in [5, 5.41) is 6.26. The lowest BCUT2D eigenvalue weighted by atomic mass is 10.1. The van der Waals surface area contributed by atoms with Gasteiger partial charge in [0.25, 0.3) is 0 Å². The van der Waals surface area contributed by atoms with Crippen LogP contribution in [0.5, 0.6) is 0 Å². The summed E-state index contributed by atoms with van der Waals surface area (Å²) in [6, 6.07) is 0.229. The first-order valence-electron chi connectivity index (χ1n) is 7.84. The number of hydrogen-bond acceptors (Lipinski definition) is 3. The number of nitrogens with zero attached hydrogens (tertiary/aromatic N) is 1. The van der Waals surface area contributed by atoms with E-state index in [1.54, 1.807) is 0 Å². The van der Waals surface area contributed by atoms with Gasteiger partial charge in [0.1, 0.15) is 0 Å². The van der Waals surface area contributed by atoms with Gasteiger partial charge in [0.2, 0.25) is 11.8 Å². The number of halogens is 1. The molecule has 2 fully saturated rings. The molecule has 6 heteroatoms. The second-order valence-corrected chi connectivity index (χ2v) is 6.25. The summed E-state index contributed by atoms with van der Waals surface area (Å²) in [6.07, 6.45) is 5.72. The summed E-state index contributed by atoms with van der Waals surface area (Å²) in [4.78, 5) is 26.0. The molecule has 2 atom stereocenters. The predicted octanol–water partition coefficient (Wildman–Crippen LogP) is 1.31. The largest absolute Gasteiger partial charge is 0.353 e. The van der Waals surface area contributed by atoms with E-state index in [4.69, 9.17) is 0 Å². The summed E-state index contributed by atoms with van der Waals surface area (Å²) < 4.78 is 0. The number of likely N-dealkylation sites (N-methyl/N-ethyl adjacent to an activating group) is 1. The van der Waals surface area contributed by atoms with Gasteiger partial charge in [-0.15, -0.1) is 12.4 Å². The number of carbonyl (C=O) groups is 2. The third-order valence-electron chi connectivity index (χ3n) is 4.57. The SMILES string of the molecule is CC(CC(=O)N(C)C1CCNC1)NC(=O)C1CCCC1.Cl. The molecule has 2 N–H and O–H groups in total. The minimum absolute atomic E-state index is 0. The van der Waals surface area contributed by atoms with Crippen LogP contribution in [-0.4, -0.2) is 48.9 Å². The van der Waals surface area contributed by atoms with E-state index < -0.39 is 0 Å². The third kappa shape index (κ3) is 5.15. The van der Waals surface area contributed by atoms with E-state index in [1.807, 2.05) is 18.9 Å². The van der Waals surface area contributed by atoms with Crippen molar-refractivity contribution in [3.63, 3.8) is 0 Å². The van der Waals surface area contributed by atoms with Crippen molar-refractivity contribution in [2.75, 3.05) is 20.1 Å². The Hall–Kier alpha value is -0.810. The van der Waals surface area contributed by atoms with E-state index in [1.165, 1.54) is 0 Å². The van der Waals surface area contributed by atoms with E-state index >= 15 is 0 Å². The Morgan fingerprint density at radius 2 is 1.95 bits per heavy atom. The van der Waals surface area contributed by atoms with Crippen molar-refractivity contribution in [1.82, 2.24) is 15.5 Å². The topological polar surface area (TPSA) is 61.4 Å². The van der Waals surface area contributed by atoms with E-state index in [0.717, 1.165) is 45.2 Å². The lowest BCUT2D eigenvalue weighted by molar-refractivity contribution is -0.132. The van der Waals surface area contributed by atoms with Gasteiger partial charge in [-0.3, -0.25) is 9.59 Å². The summed E-state index contributed by atoms with van der Waals surface area (Å²) in [5.41, 5.74) is 0. The summed E-state index contributed by atoms with van der Waals surface area (Å²) in [7, 11) is 1.87. The molecule has 2 amide bonds. The molecule has 0 aromatic rings. The lowest BCUT2D eigenvalue weighted by Gasteiger charge is -2.26. The molecule has 1 aliphatic carbocycles. The Kier molecular flexibility index (Phi) is 7.46. The molecule has 1 aliphatic heterocycles. The molecular formula is C15H28ClN3O2. The molecule has 21 heavy (non-hydrogen) atoms. The Morgan fingerprint density at radius 1 is 1.29 bits per heavy atom. The third-order valence-corrected chi connectivity index (χ3v) is 4.57. The first-order valence-corrected chi connectivity index (χ1v) is 7.84. The minimum Gasteiger partial charge on any atom is -0.353 e. The van der Waals surface area contributed by atoms with Crippen LogP contribution in [0.3, 0.4) is 0 Å². The summed E-state index contributed by atoms with van der Waals surface area (Å²) >= 11 is 0. The maximum atomic E-state index is 12.2. The molecule has 0 aromatic heterocycles. The van der Waals surface area contributed by atoms with Gasteiger partial charge in [0.15, 0.2) is 0 Å². The van der Waals surface area contributed by atoms with Gasteiger partial charge in [-0.05, 0) is 32.7 Å². The Balaban J connectivity index is 0.00000220. The zero-order valence-corrected chi connectivity index (χ0v) is 13.9. The van der Waals surface area contributed by atoms with Crippen LogP contribution in [0.2, 0.25) is 0 Å². The van der Waals surface area contributed by atoms with Crippen LogP contribution in [0.25, 0.3) is 0 Å². The highest BCUT2D eigenvalue weighted by atomic mass is 35.5. The number of hydrogen-bond donors (Lipinski definition) is 2. The van der Waals surface area contributed by atoms with E-state index in [2.05, 4.69) is 10.6 Å². The molecule has 0 spiro atoms. The molecular weight excluding hydrogens is 290 g/mol. The van der Waals surface area contributed by atoms with Crippen molar-refractivity contribution < 1.29 is 9.59 Å². The van der Waals surface area contributed by atoms with Gasteiger partial charge in [0, 0.05) is 38.0 Å². The van der Waals surface area contributed by atoms with Gasteiger partial charge >= 0.3 is 0 Å². The molecule has 2 aliphatic rings. The summed E-state index contributed by atoms with van der Waals surface area (Å²) in [5.74, 6) is 0.426. The van der Waals surface area contributed by atoms with Crippen molar-refractivity contribution in [3.8, 4) is 0 Å². The highest BCUT2D eigenvalue weighted by Crippen LogP contribution is 2.24. The van der Waals surface area contributed by atoms with Gasteiger partial charge in [-0.1, -0.05) is 12.8 Å². The average molecular weight is 318 g/mol. The molecule has 2 rings (SSSR count). The van der Waals surface area contributed by atoms with Crippen LogP contribution in [0, 0.1) is 5.92 Å². The second-order valence-electron chi connectivity index (χ2n) is 6.25. The van der Waals surface area contributed by atoms with Crippen LogP contribution in [-0.2, 0) is 9.59 Å². The van der Waals surface area contributed by atoms with Crippen LogP contribution in [0.4, 0.5) is 0 Å². The molecule has 122 valence electrons. The fourth-order valence-corrected chi connectivity index (χ4v) is 3.18. The van der Waals surface area contributed by atoms with Gasteiger partial charge < -0.3 is 15.5 Å². The molecule has 5 nitrogen and oxygen atoms in total. The average Bonchev–Trinajstić information content (AvgIpc) is 3.10. The fraction of sp³-hybridized carbons (Fsp3) is 0.867. The quantitative estimate of drug-likeness (QED) is 0.804. The first kappa shape index (κ1) is 18.2. The monoisotopic (exact) mass is 317 g/mol. The second kappa shape index (κ2) is 8.59. The standard InChI is InChI=1S/C15H27N3O2.ClH/c1-11(17-15(20)12-5-3-4-6-12)9-14(19)18(2)13-7-8-16-10-13;/h11-13,16H,3-10H2,1-2H3,(H,17,20);1H. The van der Waals surface area contributed by atoms with Gasteiger partial charge in [0.05, 0.1) is 0 Å². The summed E-state index contributed by atoms with van der Waals surface area (Å²) in [6.45, 7) is 3.78. The molecule has 0 radical (unpaired) electrons. The smallest absolute Gasteiger partial charge is 0.224 e. The van der Waals surface area contributed by atoms with Crippen LogP contribution >= 0.6 is 12.4 Å². The fourth-order valence-electron chi connectivity index (χ4n) is 3.18. The van der Waals surface area contributed by atoms with Crippen molar-refractivity contribution in [3.05, 3.63) is 0 Å². The lowest BCUT2D eigenvalue weighted by Crippen LogP contribution is -2.43. The van der Waals surface area contributed by atoms with Crippen molar-refractivity contribution in [1.29, 1.82) is 0 Å². The molecule has 1 saturated carbocycles. The Labute approximate surface area is 133 Å². The van der Waals surface area contributed by atoms with Crippen LogP contribution in [0.1, 0.15) is 45.4 Å². The number of carbonyl (C=O) groups excluding carboxylic acids is 2. The maximum Gasteiger partial charge on any atom is 0.224 e. The predicted molar refractivity (Wildman–Crippen MR) is 85.5 cm³/mol. The van der Waals surface area contributed by atoms with Crippen molar-refractivity contribution in [2.45, 2.75) is 57.5 Å². The molecule has 1 heterocycles. The Bertz CT molecular complexity index is 353. The zero-order chi connectivity index (χ0) is 14.5. The number of nitrogens with one attached hydrogen (secondary N) is 2. The van der Waals surface area contributed by atoms with Gasteiger partial charge in [-0.25, -0.2) is 0 Å². The molecule has 0 bridgehead atoms. The van der Waals surface area contributed by atoms with Crippen LogP contribution < -0.4 is 10.6 Å².